The number of rotatable bonds is 1. The van der Waals surface area contributed by atoms with Gasteiger partial charge in [0.15, 0.2) is 0 Å². The molecule has 0 unspecified atom stereocenters. The lowest BCUT2D eigenvalue weighted by atomic mass is 10.2. The molecule has 2 aliphatic heterocycles. The van der Waals surface area contributed by atoms with Crippen LogP contribution in [0.3, 0.4) is 0 Å². The van der Waals surface area contributed by atoms with Crippen LogP contribution in [0.15, 0.2) is 5.51 Å². The zero-order chi connectivity index (χ0) is 9.71. The summed E-state index contributed by atoms with van der Waals surface area (Å²) >= 11 is 1.78. The lowest BCUT2D eigenvalue weighted by Crippen LogP contribution is -2.44. The third-order valence-electron chi connectivity index (χ3n) is 3.50. The molecule has 14 heavy (non-hydrogen) atoms. The molecule has 2 bridgehead atoms. The van der Waals surface area contributed by atoms with Gasteiger partial charge >= 0.3 is 0 Å². The predicted molar refractivity (Wildman–Crippen MR) is 59.0 cm³/mol. The normalized spacial score (nSPS) is 31.7. The van der Waals surface area contributed by atoms with Crippen molar-refractivity contribution in [3.8, 4) is 0 Å². The number of likely N-dealkylation sites (N-methyl/N-ethyl adjacent to an activating group) is 1. The van der Waals surface area contributed by atoms with Crippen molar-refractivity contribution < 1.29 is 0 Å². The summed E-state index contributed by atoms with van der Waals surface area (Å²) in [5.41, 5.74) is 3.16. The second kappa shape index (κ2) is 2.94. The van der Waals surface area contributed by atoms with Crippen molar-refractivity contribution in [3.05, 3.63) is 11.2 Å². The molecule has 3 heterocycles. The summed E-state index contributed by atoms with van der Waals surface area (Å²) < 4.78 is 0. The number of aromatic nitrogens is 1. The summed E-state index contributed by atoms with van der Waals surface area (Å²) in [6.45, 7) is 4.54. The third kappa shape index (κ3) is 1.10. The highest BCUT2D eigenvalue weighted by molar-refractivity contribution is 7.14. The SMILES string of the molecule is Cc1ncsc1N1C[C@@H]2C[C@H]1CN2C. The Morgan fingerprint density at radius 3 is 2.79 bits per heavy atom. The molecule has 0 aliphatic carbocycles. The molecule has 2 aliphatic rings. The largest absolute Gasteiger partial charge is 0.356 e. The van der Waals surface area contributed by atoms with Crippen LogP contribution >= 0.6 is 11.3 Å². The Bertz CT molecular complexity index is 347. The van der Waals surface area contributed by atoms with Crippen LogP contribution in [-0.4, -0.2) is 42.1 Å². The quantitative estimate of drug-likeness (QED) is 0.696. The summed E-state index contributed by atoms with van der Waals surface area (Å²) in [7, 11) is 2.24. The van der Waals surface area contributed by atoms with Gasteiger partial charge in [-0.3, -0.25) is 4.90 Å². The highest BCUT2D eigenvalue weighted by Crippen LogP contribution is 2.36. The van der Waals surface area contributed by atoms with Crippen molar-refractivity contribution in [1.29, 1.82) is 0 Å². The summed E-state index contributed by atoms with van der Waals surface area (Å²) in [6.07, 6.45) is 1.34. The Morgan fingerprint density at radius 1 is 1.43 bits per heavy atom. The highest BCUT2D eigenvalue weighted by atomic mass is 32.1. The van der Waals surface area contributed by atoms with E-state index in [-0.39, 0.29) is 0 Å². The van der Waals surface area contributed by atoms with Crippen LogP contribution in [0, 0.1) is 6.92 Å². The maximum atomic E-state index is 4.33. The maximum absolute atomic E-state index is 4.33. The lowest BCUT2D eigenvalue weighted by Gasteiger charge is -2.32. The predicted octanol–water partition coefficient (Wildman–Crippen LogP) is 1.34. The molecule has 76 valence electrons. The van der Waals surface area contributed by atoms with E-state index in [1.807, 2.05) is 5.51 Å². The minimum atomic E-state index is 0.740. The van der Waals surface area contributed by atoms with Gasteiger partial charge < -0.3 is 4.90 Å². The molecule has 2 saturated heterocycles. The summed E-state index contributed by atoms with van der Waals surface area (Å²) in [4.78, 5) is 9.36. The van der Waals surface area contributed by atoms with Crippen LogP contribution in [0.4, 0.5) is 5.00 Å². The summed E-state index contributed by atoms with van der Waals surface area (Å²) in [5.74, 6) is 0. The molecule has 0 saturated carbocycles. The van der Waals surface area contributed by atoms with Crippen LogP contribution in [-0.2, 0) is 0 Å². The zero-order valence-electron chi connectivity index (χ0n) is 8.60. The monoisotopic (exact) mass is 209 g/mol. The lowest BCUT2D eigenvalue weighted by molar-refractivity contribution is 0.293. The topological polar surface area (TPSA) is 19.4 Å². The van der Waals surface area contributed by atoms with E-state index in [9.17, 15) is 0 Å². The van der Waals surface area contributed by atoms with Gasteiger partial charge in [-0.05, 0) is 20.4 Å². The number of hydrogen-bond acceptors (Lipinski definition) is 4. The van der Waals surface area contributed by atoms with Crippen molar-refractivity contribution in [2.75, 3.05) is 25.0 Å². The molecular formula is C10H15N3S. The van der Waals surface area contributed by atoms with E-state index in [1.54, 1.807) is 11.3 Å². The first-order chi connectivity index (χ1) is 6.75. The Kier molecular flexibility index (Phi) is 1.82. The zero-order valence-corrected chi connectivity index (χ0v) is 9.42. The molecule has 0 radical (unpaired) electrons. The van der Waals surface area contributed by atoms with Crippen molar-refractivity contribution in [1.82, 2.24) is 9.88 Å². The van der Waals surface area contributed by atoms with Crippen molar-refractivity contribution in [2.45, 2.75) is 25.4 Å². The van der Waals surface area contributed by atoms with Gasteiger partial charge in [-0.25, -0.2) is 4.98 Å². The summed E-state index contributed by atoms with van der Waals surface area (Å²) in [6, 6.07) is 1.52. The Morgan fingerprint density at radius 2 is 2.29 bits per heavy atom. The molecule has 2 atom stereocenters. The number of likely N-dealkylation sites (tertiary alicyclic amines) is 1. The van der Waals surface area contributed by atoms with Crippen LogP contribution in [0.2, 0.25) is 0 Å². The standard InChI is InChI=1S/C10H15N3S/c1-7-10(14-6-11-7)13-5-8-3-9(13)4-12(8)2/h6,8-9H,3-5H2,1-2H3/t8-,9-/m0/s1. The third-order valence-corrected chi connectivity index (χ3v) is 4.46. The van der Waals surface area contributed by atoms with Gasteiger partial charge in [-0.15, -0.1) is 11.3 Å². The average Bonchev–Trinajstić information content (AvgIpc) is 2.78. The van der Waals surface area contributed by atoms with Gasteiger partial charge in [-0.2, -0.15) is 0 Å². The smallest absolute Gasteiger partial charge is 0.114 e. The second-order valence-corrected chi connectivity index (χ2v) is 5.21. The average molecular weight is 209 g/mol. The molecule has 0 aromatic carbocycles. The number of thiazole rings is 1. The maximum Gasteiger partial charge on any atom is 0.114 e. The van der Waals surface area contributed by atoms with Gasteiger partial charge in [0, 0.05) is 25.2 Å². The number of nitrogens with zero attached hydrogens (tertiary/aromatic N) is 3. The fraction of sp³-hybridized carbons (Fsp3) is 0.700. The van der Waals surface area contributed by atoms with Crippen LogP contribution in [0.25, 0.3) is 0 Å². The van der Waals surface area contributed by atoms with Crippen LogP contribution in [0.1, 0.15) is 12.1 Å². The van der Waals surface area contributed by atoms with E-state index in [1.165, 1.54) is 30.2 Å². The van der Waals surface area contributed by atoms with Gasteiger partial charge in [-0.1, -0.05) is 0 Å². The van der Waals surface area contributed by atoms with Gasteiger partial charge in [0.05, 0.1) is 11.2 Å². The van der Waals surface area contributed by atoms with Crippen molar-refractivity contribution in [2.24, 2.45) is 0 Å². The number of anilines is 1. The Labute approximate surface area is 88.4 Å². The number of fused-ring (bicyclic) bond motifs is 2. The first kappa shape index (κ1) is 8.68. The minimum absolute atomic E-state index is 0.740. The molecular weight excluding hydrogens is 194 g/mol. The van der Waals surface area contributed by atoms with E-state index >= 15 is 0 Å². The van der Waals surface area contributed by atoms with E-state index in [2.05, 4.69) is 28.8 Å². The van der Waals surface area contributed by atoms with Crippen LogP contribution in [0.5, 0.6) is 0 Å². The fourth-order valence-corrected chi connectivity index (χ4v) is 3.58. The molecule has 3 rings (SSSR count). The molecule has 3 nitrogen and oxygen atoms in total. The molecule has 4 heteroatoms. The number of aryl methyl sites for hydroxylation is 1. The molecule has 1 aromatic rings. The van der Waals surface area contributed by atoms with Gasteiger partial charge in [0.25, 0.3) is 0 Å². The first-order valence-electron chi connectivity index (χ1n) is 5.12. The molecule has 0 spiro atoms. The van der Waals surface area contributed by atoms with Crippen molar-refractivity contribution >= 4 is 16.3 Å². The van der Waals surface area contributed by atoms with Crippen molar-refractivity contribution in [3.63, 3.8) is 0 Å². The van der Waals surface area contributed by atoms with Gasteiger partial charge in [0.1, 0.15) is 5.00 Å². The minimum Gasteiger partial charge on any atom is -0.356 e. The Balaban J connectivity index is 1.87. The molecule has 1 aromatic heterocycles. The van der Waals surface area contributed by atoms with E-state index in [0.717, 1.165) is 12.1 Å². The number of piperazine rings is 1. The number of hydrogen-bond donors (Lipinski definition) is 0. The molecule has 0 amide bonds. The van der Waals surface area contributed by atoms with Gasteiger partial charge in [0.2, 0.25) is 0 Å². The first-order valence-corrected chi connectivity index (χ1v) is 6.00. The summed E-state index contributed by atoms with van der Waals surface area (Å²) in [5, 5.41) is 1.39. The molecule has 0 N–H and O–H groups in total. The van der Waals surface area contributed by atoms with E-state index < -0.39 is 0 Å². The Hall–Kier alpha value is -0.610. The van der Waals surface area contributed by atoms with Crippen LogP contribution < -0.4 is 4.90 Å². The highest BCUT2D eigenvalue weighted by Gasteiger charge is 2.42. The van der Waals surface area contributed by atoms with E-state index in [0.29, 0.717) is 0 Å². The fourth-order valence-electron chi connectivity index (χ4n) is 2.69. The second-order valence-electron chi connectivity index (χ2n) is 4.38. The van der Waals surface area contributed by atoms with E-state index in [4.69, 9.17) is 0 Å². The molecule has 2 fully saturated rings.